The smallest absolute Gasteiger partial charge is 0.331 e. The fourth-order valence-corrected chi connectivity index (χ4v) is 3.10. The first kappa shape index (κ1) is 19.1. The van der Waals surface area contributed by atoms with Crippen LogP contribution in [0, 0.1) is 0 Å². The van der Waals surface area contributed by atoms with E-state index in [0.717, 1.165) is 6.08 Å². The quantitative estimate of drug-likeness (QED) is 0.407. The van der Waals surface area contributed by atoms with Gasteiger partial charge in [0.1, 0.15) is 5.76 Å². The van der Waals surface area contributed by atoms with E-state index in [-0.39, 0.29) is 22.7 Å². The first-order valence-electron chi connectivity index (χ1n) is 9.03. The number of rotatable bonds is 5. The molecule has 3 aromatic rings. The lowest BCUT2D eigenvalue weighted by molar-refractivity contribution is -0.142. The van der Waals surface area contributed by atoms with Gasteiger partial charge < -0.3 is 14.5 Å². The summed E-state index contributed by atoms with van der Waals surface area (Å²) in [4.78, 5) is 49.1. The third-order valence-corrected chi connectivity index (χ3v) is 4.48. The second kappa shape index (κ2) is 8.00. The van der Waals surface area contributed by atoms with E-state index in [4.69, 9.17) is 9.15 Å². The molecule has 4 rings (SSSR count). The minimum Gasteiger partial charge on any atom is -0.465 e. The predicted octanol–water partition coefficient (Wildman–Crippen LogP) is 3.25. The van der Waals surface area contributed by atoms with Crippen LogP contribution in [0.2, 0.25) is 0 Å². The monoisotopic (exact) mass is 401 g/mol. The normalized spacial score (nSPS) is 12.4. The van der Waals surface area contributed by atoms with Gasteiger partial charge in [-0.1, -0.05) is 24.3 Å². The van der Waals surface area contributed by atoms with Crippen molar-refractivity contribution < 1.29 is 28.3 Å². The van der Waals surface area contributed by atoms with Gasteiger partial charge in [-0.3, -0.25) is 14.4 Å². The summed E-state index contributed by atoms with van der Waals surface area (Å²) >= 11 is 0. The highest BCUT2D eigenvalue weighted by atomic mass is 16.5. The Kier molecular flexibility index (Phi) is 5.09. The summed E-state index contributed by atoms with van der Waals surface area (Å²) < 4.78 is 9.92. The molecule has 7 nitrogen and oxygen atoms in total. The number of furan rings is 1. The summed E-state index contributed by atoms with van der Waals surface area (Å²) in [7, 11) is 0. The highest BCUT2D eigenvalue weighted by Crippen LogP contribution is 2.29. The van der Waals surface area contributed by atoms with Gasteiger partial charge in [0.25, 0.3) is 5.91 Å². The van der Waals surface area contributed by atoms with E-state index in [0.29, 0.717) is 22.6 Å². The Morgan fingerprint density at radius 1 is 0.900 bits per heavy atom. The molecule has 0 unspecified atom stereocenters. The molecular weight excluding hydrogens is 386 g/mol. The van der Waals surface area contributed by atoms with Crippen molar-refractivity contribution in [1.29, 1.82) is 0 Å². The lowest BCUT2D eigenvalue weighted by atomic mass is 9.84. The number of hydrogen-bond donors (Lipinski definition) is 1. The fraction of sp³-hybridized carbons (Fsp3) is 0.0435. The van der Waals surface area contributed by atoms with E-state index >= 15 is 0 Å². The number of fused-ring (bicyclic) bond motifs is 2. The Balaban J connectivity index is 1.41. The van der Waals surface area contributed by atoms with Gasteiger partial charge >= 0.3 is 5.97 Å². The minimum atomic E-state index is -0.704. The summed E-state index contributed by atoms with van der Waals surface area (Å²) in [6.45, 7) is -0.506. The van der Waals surface area contributed by atoms with Gasteiger partial charge in [0.2, 0.25) is 0 Å². The zero-order chi connectivity index (χ0) is 21.1. The molecule has 1 amide bonds. The number of anilines is 1. The molecule has 1 N–H and O–H groups in total. The van der Waals surface area contributed by atoms with E-state index in [1.165, 1.54) is 30.5 Å². The molecule has 7 heteroatoms. The van der Waals surface area contributed by atoms with E-state index in [1.807, 2.05) is 0 Å². The number of esters is 1. The standard InChI is InChI=1S/C23H15NO6/c25-20(13-30-21(26)10-8-15-4-3-11-29-15)24-14-7-9-18-19(12-14)23(28)17-6-2-1-5-16(17)22(18)27/h1-12H,13H2,(H,24,25). The molecule has 0 aliphatic heterocycles. The van der Waals surface area contributed by atoms with E-state index in [1.54, 1.807) is 36.4 Å². The molecule has 1 aromatic heterocycles. The van der Waals surface area contributed by atoms with Gasteiger partial charge in [0.05, 0.1) is 6.26 Å². The van der Waals surface area contributed by atoms with Crippen molar-refractivity contribution in [2.45, 2.75) is 0 Å². The molecule has 30 heavy (non-hydrogen) atoms. The van der Waals surface area contributed by atoms with Crippen LogP contribution in [-0.2, 0) is 14.3 Å². The van der Waals surface area contributed by atoms with Crippen LogP contribution in [0.25, 0.3) is 6.08 Å². The number of nitrogens with one attached hydrogen (secondary N) is 1. The molecule has 0 radical (unpaired) electrons. The molecule has 0 fully saturated rings. The highest BCUT2D eigenvalue weighted by molar-refractivity contribution is 6.28. The number of hydrogen-bond acceptors (Lipinski definition) is 6. The molecule has 1 aliphatic carbocycles. The fourth-order valence-electron chi connectivity index (χ4n) is 3.10. The van der Waals surface area contributed by atoms with Gasteiger partial charge in [-0.25, -0.2) is 4.79 Å². The molecule has 2 aromatic carbocycles. The summed E-state index contributed by atoms with van der Waals surface area (Å²) in [5.74, 6) is -1.33. The number of benzene rings is 2. The summed E-state index contributed by atoms with van der Waals surface area (Å²) in [5, 5.41) is 2.55. The Labute approximate surface area is 171 Å². The van der Waals surface area contributed by atoms with Crippen molar-refractivity contribution in [3.63, 3.8) is 0 Å². The van der Waals surface area contributed by atoms with Crippen molar-refractivity contribution in [1.82, 2.24) is 0 Å². The molecule has 0 saturated heterocycles. The number of carbonyl (C=O) groups is 4. The second-order valence-electron chi connectivity index (χ2n) is 6.47. The van der Waals surface area contributed by atoms with E-state index in [9.17, 15) is 19.2 Å². The van der Waals surface area contributed by atoms with Crippen LogP contribution in [0.15, 0.2) is 71.4 Å². The van der Waals surface area contributed by atoms with Gasteiger partial charge in [0, 0.05) is 34.0 Å². The van der Waals surface area contributed by atoms with Crippen molar-refractivity contribution in [2.75, 3.05) is 11.9 Å². The van der Waals surface area contributed by atoms with Crippen LogP contribution >= 0.6 is 0 Å². The average molecular weight is 401 g/mol. The molecule has 0 bridgehead atoms. The van der Waals surface area contributed by atoms with Gasteiger partial charge in [0.15, 0.2) is 18.2 Å². The molecule has 1 aliphatic rings. The van der Waals surface area contributed by atoms with Crippen LogP contribution < -0.4 is 5.32 Å². The van der Waals surface area contributed by atoms with Crippen LogP contribution in [0.1, 0.15) is 37.6 Å². The van der Waals surface area contributed by atoms with Crippen molar-refractivity contribution >= 4 is 35.2 Å². The van der Waals surface area contributed by atoms with Crippen LogP contribution in [-0.4, -0.2) is 30.0 Å². The minimum absolute atomic E-state index is 0.217. The molecule has 1 heterocycles. The zero-order valence-corrected chi connectivity index (χ0v) is 15.6. The lowest BCUT2D eigenvalue weighted by Crippen LogP contribution is -2.23. The topological polar surface area (TPSA) is 103 Å². The van der Waals surface area contributed by atoms with E-state index in [2.05, 4.69) is 5.32 Å². The highest BCUT2D eigenvalue weighted by Gasteiger charge is 2.29. The van der Waals surface area contributed by atoms with Crippen molar-refractivity contribution in [2.24, 2.45) is 0 Å². The van der Waals surface area contributed by atoms with Gasteiger partial charge in [-0.05, 0) is 36.4 Å². The second-order valence-corrected chi connectivity index (χ2v) is 6.47. The van der Waals surface area contributed by atoms with Crippen LogP contribution in [0.4, 0.5) is 5.69 Å². The molecule has 148 valence electrons. The summed E-state index contributed by atoms with van der Waals surface area (Å²) in [6, 6.07) is 14.4. The number of carbonyl (C=O) groups excluding carboxylic acids is 4. The van der Waals surface area contributed by atoms with Gasteiger partial charge in [-0.2, -0.15) is 0 Å². The number of amides is 1. The van der Waals surface area contributed by atoms with Gasteiger partial charge in [-0.15, -0.1) is 0 Å². The maximum absolute atomic E-state index is 12.7. The SMILES string of the molecule is O=C(COC(=O)C=Cc1ccco1)Nc1ccc2c(c1)C(=O)c1ccccc1C2=O. The lowest BCUT2D eigenvalue weighted by Gasteiger charge is -2.18. The van der Waals surface area contributed by atoms with Crippen molar-refractivity contribution in [3.8, 4) is 0 Å². The van der Waals surface area contributed by atoms with Crippen molar-refractivity contribution in [3.05, 3.63) is 95.0 Å². The molecular formula is C23H15NO6. The maximum atomic E-state index is 12.7. The summed E-state index contributed by atoms with van der Waals surface area (Å²) in [6.07, 6.45) is 4.03. The third kappa shape index (κ3) is 3.81. The largest absolute Gasteiger partial charge is 0.465 e. The first-order valence-corrected chi connectivity index (χ1v) is 9.03. The molecule has 0 atom stereocenters. The molecule has 0 saturated carbocycles. The molecule has 0 spiro atoms. The maximum Gasteiger partial charge on any atom is 0.331 e. The first-order chi connectivity index (χ1) is 14.5. The Bertz CT molecular complexity index is 1190. The third-order valence-electron chi connectivity index (χ3n) is 4.48. The number of ether oxygens (including phenoxy) is 1. The number of ketones is 2. The Morgan fingerprint density at radius 2 is 1.60 bits per heavy atom. The van der Waals surface area contributed by atoms with E-state index < -0.39 is 18.5 Å². The van der Waals surface area contributed by atoms with Crippen LogP contribution in [0.3, 0.4) is 0 Å². The summed E-state index contributed by atoms with van der Waals surface area (Å²) in [5.41, 5.74) is 1.51. The average Bonchev–Trinajstić information content (AvgIpc) is 3.28. The zero-order valence-electron chi connectivity index (χ0n) is 15.6. The van der Waals surface area contributed by atoms with Crippen LogP contribution in [0.5, 0.6) is 0 Å². The Hall–Kier alpha value is -4.26. The Morgan fingerprint density at radius 3 is 2.30 bits per heavy atom. The predicted molar refractivity (Wildman–Crippen MR) is 107 cm³/mol.